The molecule has 1 amide bonds. The molecule has 2 N–H and O–H groups in total. The average molecular weight is 372 g/mol. The van der Waals surface area contributed by atoms with Crippen LogP contribution < -0.4 is 10.6 Å². The van der Waals surface area contributed by atoms with Gasteiger partial charge in [0.15, 0.2) is 5.96 Å². The number of aryl methyl sites for hydroxylation is 1. The number of ether oxygens (including phenoxy) is 1. The molecule has 0 spiro atoms. The van der Waals surface area contributed by atoms with Crippen molar-refractivity contribution in [2.75, 3.05) is 33.9 Å². The second kappa shape index (κ2) is 8.90. The highest BCUT2D eigenvalue weighted by Gasteiger charge is 2.23. The number of carbonyl (C=O) groups is 1. The molecule has 1 aromatic carbocycles. The maximum Gasteiger partial charge on any atom is 0.248 e. The summed E-state index contributed by atoms with van der Waals surface area (Å²) in [5.74, 6) is 1.72. The summed E-state index contributed by atoms with van der Waals surface area (Å²) >= 11 is 0. The van der Waals surface area contributed by atoms with Gasteiger partial charge in [-0.05, 0) is 25.8 Å². The van der Waals surface area contributed by atoms with E-state index in [0.717, 1.165) is 54.2 Å². The summed E-state index contributed by atoms with van der Waals surface area (Å²) in [6, 6.07) is 8.35. The van der Waals surface area contributed by atoms with Crippen LogP contribution in [0.1, 0.15) is 24.2 Å². The molecule has 1 fully saturated rings. The summed E-state index contributed by atoms with van der Waals surface area (Å²) < 4.78 is 10.9. The highest BCUT2D eigenvalue weighted by atomic mass is 16.5. The number of nitrogens with one attached hydrogen (secondary N) is 2. The number of likely N-dealkylation sites (tertiary alicyclic amines) is 1. The highest BCUT2D eigenvalue weighted by Crippen LogP contribution is 2.24. The number of rotatable bonds is 5. The van der Waals surface area contributed by atoms with Crippen molar-refractivity contribution in [1.29, 1.82) is 0 Å². The van der Waals surface area contributed by atoms with Crippen molar-refractivity contribution in [2.45, 2.75) is 32.4 Å². The Balaban J connectivity index is 1.51. The molecule has 0 aliphatic carbocycles. The van der Waals surface area contributed by atoms with Gasteiger partial charge in [-0.2, -0.15) is 0 Å². The third-order valence-corrected chi connectivity index (χ3v) is 5.04. The lowest BCUT2D eigenvalue weighted by Crippen LogP contribution is -2.50. The Kier molecular flexibility index (Phi) is 6.34. The topological polar surface area (TPSA) is 79.1 Å². The molecule has 7 heteroatoms. The third-order valence-electron chi connectivity index (χ3n) is 5.04. The van der Waals surface area contributed by atoms with Gasteiger partial charge in [0.1, 0.15) is 18.0 Å². The molecule has 1 aromatic heterocycles. The van der Waals surface area contributed by atoms with Gasteiger partial charge in [-0.1, -0.05) is 18.2 Å². The van der Waals surface area contributed by atoms with Crippen LogP contribution >= 0.6 is 0 Å². The quantitative estimate of drug-likeness (QED) is 0.620. The summed E-state index contributed by atoms with van der Waals surface area (Å²) in [4.78, 5) is 18.1. The first-order valence-electron chi connectivity index (χ1n) is 9.33. The lowest BCUT2D eigenvalue weighted by Gasteiger charge is -2.33. The Morgan fingerprint density at radius 3 is 2.74 bits per heavy atom. The van der Waals surface area contributed by atoms with Crippen LogP contribution in [0.25, 0.3) is 11.0 Å². The molecular formula is C20H28N4O3. The largest absolute Gasteiger partial charge is 0.459 e. The normalized spacial score (nSPS) is 16.0. The van der Waals surface area contributed by atoms with E-state index in [9.17, 15) is 4.79 Å². The van der Waals surface area contributed by atoms with Crippen molar-refractivity contribution in [2.24, 2.45) is 4.99 Å². The number of piperidine rings is 1. The number of furan rings is 1. The Morgan fingerprint density at radius 2 is 2.07 bits per heavy atom. The van der Waals surface area contributed by atoms with E-state index in [1.54, 1.807) is 14.2 Å². The Bertz CT molecular complexity index is 807. The van der Waals surface area contributed by atoms with E-state index >= 15 is 0 Å². The summed E-state index contributed by atoms with van der Waals surface area (Å²) in [7, 11) is 3.31. The lowest BCUT2D eigenvalue weighted by atomic mass is 10.1. The molecule has 7 nitrogen and oxygen atoms in total. The molecule has 2 aromatic rings. The first-order chi connectivity index (χ1) is 13.1. The van der Waals surface area contributed by atoms with Crippen LogP contribution in [-0.2, 0) is 16.1 Å². The summed E-state index contributed by atoms with van der Waals surface area (Å²) in [5, 5.41) is 7.93. The number of benzene rings is 1. The van der Waals surface area contributed by atoms with E-state index in [1.165, 1.54) is 0 Å². The molecule has 27 heavy (non-hydrogen) atoms. The zero-order valence-corrected chi connectivity index (χ0v) is 16.2. The molecule has 0 radical (unpaired) electrons. The first kappa shape index (κ1) is 19.2. The summed E-state index contributed by atoms with van der Waals surface area (Å²) in [5.41, 5.74) is 2.06. The Hall–Kier alpha value is -2.54. The first-order valence-corrected chi connectivity index (χ1v) is 9.33. The number of para-hydroxylation sites is 1. The number of hydrogen-bond acceptors (Lipinski definition) is 4. The highest BCUT2D eigenvalue weighted by molar-refractivity contribution is 5.83. The SMILES string of the molecule is CN=C(NCc1oc2ccccc2c1C)NC1CCN(C(=O)COC)CC1. The minimum Gasteiger partial charge on any atom is -0.459 e. The monoisotopic (exact) mass is 372 g/mol. The molecule has 2 heterocycles. The van der Waals surface area contributed by atoms with Crippen LogP contribution in [0.2, 0.25) is 0 Å². The van der Waals surface area contributed by atoms with E-state index in [4.69, 9.17) is 9.15 Å². The van der Waals surface area contributed by atoms with Crippen LogP contribution in [-0.4, -0.2) is 56.7 Å². The van der Waals surface area contributed by atoms with Crippen molar-refractivity contribution < 1.29 is 13.9 Å². The predicted molar refractivity (Wildman–Crippen MR) is 106 cm³/mol. The third kappa shape index (κ3) is 4.60. The number of aliphatic imine (C=N–C) groups is 1. The van der Waals surface area contributed by atoms with Crippen LogP contribution in [0, 0.1) is 6.92 Å². The number of carbonyl (C=O) groups excluding carboxylic acids is 1. The van der Waals surface area contributed by atoms with E-state index in [-0.39, 0.29) is 12.5 Å². The number of amides is 1. The van der Waals surface area contributed by atoms with Crippen molar-refractivity contribution in [3.05, 3.63) is 35.6 Å². The molecule has 0 unspecified atom stereocenters. The van der Waals surface area contributed by atoms with E-state index < -0.39 is 0 Å². The summed E-state index contributed by atoms with van der Waals surface area (Å²) in [6.45, 7) is 4.27. The second-order valence-electron chi connectivity index (χ2n) is 6.80. The van der Waals surface area contributed by atoms with Crippen molar-refractivity contribution >= 4 is 22.8 Å². The van der Waals surface area contributed by atoms with E-state index in [1.807, 2.05) is 23.1 Å². The molecule has 3 rings (SSSR count). The Labute approximate surface area is 159 Å². The predicted octanol–water partition coefficient (Wildman–Crippen LogP) is 2.04. The molecule has 0 saturated carbocycles. The zero-order valence-electron chi connectivity index (χ0n) is 16.2. The molecule has 1 saturated heterocycles. The molecule has 0 bridgehead atoms. The van der Waals surface area contributed by atoms with Gasteiger partial charge in [0.25, 0.3) is 0 Å². The van der Waals surface area contributed by atoms with Crippen molar-refractivity contribution in [1.82, 2.24) is 15.5 Å². The fraction of sp³-hybridized carbons (Fsp3) is 0.500. The van der Waals surface area contributed by atoms with Crippen molar-refractivity contribution in [3.8, 4) is 0 Å². The van der Waals surface area contributed by atoms with Gasteiger partial charge in [0.05, 0.1) is 6.54 Å². The fourth-order valence-electron chi connectivity index (χ4n) is 3.43. The number of fused-ring (bicyclic) bond motifs is 1. The number of nitrogens with zero attached hydrogens (tertiary/aromatic N) is 2. The molecular weight excluding hydrogens is 344 g/mol. The van der Waals surface area contributed by atoms with E-state index in [2.05, 4.69) is 28.6 Å². The van der Waals surface area contributed by atoms with Crippen LogP contribution in [0.3, 0.4) is 0 Å². The average Bonchev–Trinajstić information content (AvgIpc) is 3.02. The lowest BCUT2D eigenvalue weighted by molar-refractivity contribution is -0.136. The fourth-order valence-corrected chi connectivity index (χ4v) is 3.43. The molecule has 146 valence electrons. The van der Waals surface area contributed by atoms with Gasteiger partial charge in [-0.15, -0.1) is 0 Å². The van der Waals surface area contributed by atoms with Gasteiger partial charge in [0, 0.05) is 44.2 Å². The maximum absolute atomic E-state index is 11.9. The molecule has 0 atom stereocenters. The standard InChI is InChI=1S/C20H28N4O3/c1-14-16-6-4-5-7-17(16)27-18(14)12-22-20(21-2)23-15-8-10-24(11-9-15)19(25)13-26-3/h4-7,15H,8-13H2,1-3H3,(H2,21,22,23). The Morgan fingerprint density at radius 1 is 1.33 bits per heavy atom. The maximum atomic E-state index is 11.9. The van der Waals surface area contributed by atoms with Crippen LogP contribution in [0.5, 0.6) is 0 Å². The number of guanidine groups is 1. The van der Waals surface area contributed by atoms with Gasteiger partial charge in [-0.3, -0.25) is 9.79 Å². The van der Waals surface area contributed by atoms with Gasteiger partial charge >= 0.3 is 0 Å². The van der Waals surface area contributed by atoms with Gasteiger partial charge in [0.2, 0.25) is 5.91 Å². The van der Waals surface area contributed by atoms with Gasteiger partial charge < -0.3 is 24.7 Å². The zero-order chi connectivity index (χ0) is 19.2. The smallest absolute Gasteiger partial charge is 0.248 e. The summed E-state index contributed by atoms with van der Waals surface area (Å²) in [6.07, 6.45) is 1.78. The minimum absolute atomic E-state index is 0.0545. The van der Waals surface area contributed by atoms with Crippen LogP contribution in [0.4, 0.5) is 0 Å². The molecule has 1 aliphatic heterocycles. The van der Waals surface area contributed by atoms with Crippen molar-refractivity contribution in [3.63, 3.8) is 0 Å². The minimum atomic E-state index is 0.0545. The van der Waals surface area contributed by atoms with E-state index in [0.29, 0.717) is 12.6 Å². The van der Waals surface area contributed by atoms with Crippen LogP contribution in [0.15, 0.2) is 33.7 Å². The second-order valence-corrected chi connectivity index (χ2v) is 6.80. The number of methoxy groups -OCH3 is 1. The number of hydrogen-bond donors (Lipinski definition) is 2. The molecule has 1 aliphatic rings. The van der Waals surface area contributed by atoms with Gasteiger partial charge in [-0.25, -0.2) is 0 Å².